The monoisotopic (exact) mass is 458 g/mol. The van der Waals surface area contributed by atoms with Crippen molar-refractivity contribution in [2.75, 3.05) is 19.3 Å². The van der Waals surface area contributed by atoms with Gasteiger partial charge in [-0.05, 0) is 48.5 Å². The van der Waals surface area contributed by atoms with Gasteiger partial charge < -0.3 is 21.9 Å². The Kier molecular flexibility index (Phi) is 7.37. The van der Waals surface area contributed by atoms with Crippen molar-refractivity contribution >= 4 is 23.4 Å². The number of ether oxygens (including phenoxy) is 1. The number of pyridine rings is 1. The van der Waals surface area contributed by atoms with E-state index in [1.165, 1.54) is 24.5 Å². The van der Waals surface area contributed by atoms with Crippen molar-refractivity contribution in [1.82, 2.24) is 4.98 Å². The maximum atomic E-state index is 14.1. The van der Waals surface area contributed by atoms with Gasteiger partial charge in [0.2, 0.25) is 0 Å². The summed E-state index contributed by atoms with van der Waals surface area (Å²) in [5.41, 5.74) is 21.3. The first-order valence-corrected chi connectivity index (χ1v) is 10.1. The molecule has 1 aliphatic rings. The number of halogens is 3. The van der Waals surface area contributed by atoms with E-state index in [4.69, 9.17) is 21.9 Å². The van der Waals surface area contributed by atoms with Crippen LogP contribution in [-0.2, 0) is 0 Å². The summed E-state index contributed by atoms with van der Waals surface area (Å²) in [6.07, 6.45) is 1.03. The fourth-order valence-corrected chi connectivity index (χ4v) is 3.55. The third-order valence-corrected chi connectivity index (χ3v) is 5.11. The van der Waals surface area contributed by atoms with Gasteiger partial charge in [-0.3, -0.25) is 9.98 Å². The van der Waals surface area contributed by atoms with Gasteiger partial charge in [-0.25, -0.2) is 18.2 Å². The van der Waals surface area contributed by atoms with E-state index in [9.17, 15) is 13.2 Å². The molecule has 0 saturated heterocycles. The van der Waals surface area contributed by atoms with Crippen LogP contribution in [0.5, 0.6) is 5.75 Å². The second kappa shape index (κ2) is 10.2. The van der Waals surface area contributed by atoms with Crippen LogP contribution in [0.2, 0.25) is 0 Å². The van der Waals surface area contributed by atoms with Gasteiger partial charge in [-0.15, -0.1) is 0 Å². The molecular formula is C23H25F3N6O. The molecular weight excluding hydrogens is 433 g/mol. The number of nitrogens with zero attached hydrogens (tertiary/aromatic N) is 3. The Morgan fingerprint density at radius 2 is 2.03 bits per heavy atom. The average molecular weight is 458 g/mol. The molecule has 1 atom stereocenters. The summed E-state index contributed by atoms with van der Waals surface area (Å²) in [7, 11) is 1.57. The lowest BCUT2D eigenvalue weighted by Gasteiger charge is -2.23. The Morgan fingerprint density at radius 3 is 2.70 bits per heavy atom. The van der Waals surface area contributed by atoms with Crippen molar-refractivity contribution in [3.8, 4) is 5.75 Å². The molecule has 0 aliphatic carbocycles. The zero-order chi connectivity index (χ0) is 24.1. The molecule has 2 aromatic rings. The van der Waals surface area contributed by atoms with E-state index in [0.717, 1.165) is 0 Å². The average Bonchev–Trinajstić information content (AvgIpc) is 2.78. The Labute approximate surface area is 189 Å². The lowest BCUT2D eigenvalue weighted by molar-refractivity contribution is 0.159. The van der Waals surface area contributed by atoms with Crippen molar-refractivity contribution in [2.24, 2.45) is 21.5 Å². The number of hydrogen-bond donors (Lipinski definition) is 3. The molecule has 1 aromatic carbocycles. The molecule has 0 radical (unpaired) electrons. The van der Waals surface area contributed by atoms with Crippen LogP contribution in [0.3, 0.4) is 0 Å². The maximum absolute atomic E-state index is 14.1. The molecule has 2 bridgehead atoms. The maximum Gasteiger partial charge on any atom is 0.257 e. The molecule has 10 heteroatoms. The zero-order valence-electron chi connectivity index (χ0n) is 18.2. The summed E-state index contributed by atoms with van der Waals surface area (Å²) in [5.74, 6) is -0.192. The number of alkyl halides is 2. The second-order valence-electron chi connectivity index (χ2n) is 7.37. The Hall–Kier alpha value is -3.82. The normalized spacial score (nSPS) is 19.5. The second-order valence-corrected chi connectivity index (χ2v) is 7.37. The van der Waals surface area contributed by atoms with Crippen LogP contribution in [0.4, 0.5) is 19.0 Å². The van der Waals surface area contributed by atoms with E-state index in [-0.39, 0.29) is 23.7 Å². The lowest BCUT2D eigenvalue weighted by atomic mass is 9.92. The standard InChI is InChI=1S/C23H25F3N6O/c1-12-18-7-16(24)3-4-17(18)21(28)14(9-30-2)5-13(8-27)22(31-11-20(25)26)15-6-19(33-12)23(29)32-10-15/h3-4,6-10,12,20H,5,11,27-28H2,1-2H3,(H2,29,32)/t12-/m1/s1. The van der Waals surface area contributed by atoms with Gasteiger partial charge >= 0.3 is 0 Å². The minimum Gasteiger partial charge on any atom is -0.482 e. The highest BCUT2D eigenvalue weighted by Crippen LogP contribution is 2.33. The molecule has 6 N–H and O–H groups in total. The number of rotatable bonds is 3. The highest BCUT2D eigenvalue weighted by Gasteiger charge is 2.22. The van der Waals surface area contributed by atoms with Gasteiger partial charge in [-0.1, -0.05) is 0 Å². The van der Waals surface area contributed by atoms with Crippen LogP contribution in [0, 0.1) is 5.82 Å². The summed E-state index contributed by atoms with van der Waals surface area (Å²) >= 11 is 0. The van der Waals surface area contributed by atoms with Gasteiger partial charge in [0, 0.05) is 48.3 Å². The Balaban J connectivity index is 2.32. The summed E-state index contributed by atoms with van der Waals surface area (Å²) in [5, 5.41) is 0. The fourth-order valence-electron chi connectivity index (χ4n) is 3.55. The minimum absolute atomic E-state index is 0.0782. The number of aliphatic imine (C=N–C) groups is 2. The molecule has 174 valence electrons. The first kappa shape index (κ1) is 23.8. The van der Waals surface area contributed by atoms with Gasteiger partial charge in [-0.2, -0.15) is 0 Å². The van der Waals surface area contributed by atoms with Gasteiger partial charge in [0.1, 0.15) is 18.5 Å². The third kappa shape index (κ3) is 5.33. The van der Waals surface area contributed by atoms with Crippen LogP contribution in [-0.4, -0.2) is 36.9 Å². The number of hydrogen-bond acceptors (Lipinski definition) is 7. The molecule has 2 heterocycles. The number of nitrogen functional groups attached to an aromatic ring is 1. The smallest absolute Gasteiger partial charge is 0.257 e. The van der Waals surface area contributed by atoms with Crippen LogP contribution in [0.1, 0.15) is 36.1 Å². The molecule has 0 saturated carbocycles. The number of allylic oxidation sites excluding steroid dienone is 2. The van der Waals surface area contributed by atoms with Crippen molar-refractivity contribution in [2.45, 2.75) is 25.9 Å². The molecule has 33 heavy (non-hydrogen) atoms. The Morgan fingerprint density at radius 1 is 1.27 bits per heavy atom. The Bertz CT molecular complexity index is 1160. The molecule has 0 amide bonds. The summed E-state index contributed by atoms with van der Waals surface area (Å²) in [4.78, 5) is 12.3. The summed E-state index contributed by atoms with van der Waals surface area (Å²) in [6.45, 7) is 0.982. The molecule has 0 unspecified atom stereocenters. The largest absolute Gasteiger partial charge is 0.482 e. The van der Waals surface area contributed by atoms with E-state index in [2.05, 4.69) is 15.0 Å². The predicted octanol–water partition coefficient (Wildman–Crippen LogP) is 3.61. The van der Waals surface area contributed by atoms with E-state index in [1.54, 1.807) is 32.3 Å². The first-order chi connectivity index (χ1) is 15.7. The van der Waals surface area contributed by atoms with Gasteiger partial charge in [0.05, 0.1) is 5.71 Å². The molecule has 0 fully saturated rings. The fraction of sp³-hybridized carbons (Fsp3) is 0.261. The van der Waals surface area contributed by atoms with Crippen LogP contribution in [0.25, 0.3) is 5.70 Å². The highest BCUT2D eigenvalue weighted by molar-refractivity contribution is 6.13. The topological polar surface area (TPSA) is 125 Å². The minimum atomic E-state index is -2.66. The van der Waals surface area contributed by atoms with Gasteiger partial charge in [0.25, 0.3) is 6.43 Å². The lowest BCUT2D eigenvalue weighted by Crippen LogP contribution is -2.17. The van der Waals surface area contributed by atoms with E-state index >= 15 is 0 Å². The van der Waals surface area contributed by atoms with Crippen LogP contribution in [0.15, 0.2) is 57.8 Å². The molecule has 1 aliphatic heterocycles. The summed E-state index contributed by atoms with van der Waals surface area (Å²) in [6, 6.07) is 5.72. The van der Waals surface area contributed by atoms with Crippen molar-refractivity contribution in [1.29, 1.82) is 0 Å². The van der Waals surface area contributed by atoms with Crippen molar-refractivity contribution in [3.05, 3.63) is 70.3 Å². The first-order valence-electron chi connectivity index (χ1n) is 10.1. The van der Waals surface area contributed by atoms with Gasteiger partial charge in [0.15, 0.2) is 11.6 Å². The highest BCUT2D eigenvalue weighted by atomic mass is 19.3. The predicted molar refractivity (Wildman–Crippen MR) is 124 cm³/mol. The van der Waals surface area contributed by atoms with E-state index < -0.39 is 24.9 Å². The molecule has 3 rings (SSSR count). The molecule has 0 spiro atoms. The zero-order valence-corrected chi connectivity index (χ0v) is 18.2. The SMILES string of the molecule is CN=CC1=C(N)c2ccc(F)cc2[C@@H](C)Oc2cc(cnc2N)C(=NCC(F)F)C(=CN)C1. The third-order valence-electron chi connectivity index (χ3n) is 5.11. The van der Waals surface area contributed by atoms with Crippen LogP contribution < -0.4 is 21.9 Å². The quantitative estimate of drug-likeness (QED) is 0.606. The van der Waals surface area contributed by atoms with E-state index in [1.807, 2.05) is 0 Å². The molecule has 7 nitrogen and oxygen atoms in total. The summed E-state index contributed by atoms with van der Waals surface area (Å²) < 4.78 is 46.2. The van der Waals surface area contributed by atoms with Crippen LogP contribution >= 0.6 is 0 Å². The number of anilines is 1. The number of benzene rings is 1. The van der Waals surface area contributed by atoms with Crippen molar-refractivity contribution in [3.63, 3.8) is 0 Å². The van der Waals surface area contributed by atoms with Crippen molar-refractivity contribution < 1.29 is 17.9 Å². The molecule has 1 aromatic heterocycles. The number of aromatic nitrogens is 1. The van der Waals surface area contributed by atoms with E-state index in [0.29, 0.717) is 33.5 Å². The number of nitrogens with two attached hydrogens (primary N) is 3. The number of fused-ring (bicyclic) bond motifs is 3.